The predicted octanol–water partition coefficient (Wildman–Crippen LogP) is -0.528. The number of aliphatic hydroxyl groups excluding tert-OH is 3. The molecule has 0 aliphatic carbocycles. The average molecular weight is 176 g/mol. The molecule has 1 aliphatic heterocycles. The van der Waals surface area contributed by atoms with Crippen LogP contribution in [0.5, 0.6) is 0 Å². The van der Waals surface area contributed by atoms with Crippen molar-refractivity contribution in [3.05, 3.63) is 0 Å². The zero-order valence-electron chi connectivity index (χ0n) is 7.34. The molecule has 0 aromatic rings. The molecule has 0 amide bonds. The predicted molar refractivity (Wildman–Crippen MR) is 42.3 cm³/mol. The molecule has 4 heteroatoms. The van der Waals surface area contributed by atoms with Crippen LogP contribution < -0.4 is 0 Å². The number of hydrogen-bond donors (Lipinski definition) is 3. The maximum atomic E-state index is 9.44. The van der Waals surface area contributed by atoms with Gasteiger partial charge in [-0.05, 0) is 6.42 Å². The molecule has 0 spiro atoms. The van der Waals surface area contributed by atoms with E-state index >= 15 is 0 Å². The van der Waals surface area contributed by atoms with Crippen LogP contribution in [0.4, 0.5) is 0 Å². The van der Waals surface area contributed by atoms with E-state index in [1.165, 1.54) is 0 Å². The smallest absolute Gasteiger partial charge is 0.160 e. The molecule has 12 heavy (non-hydrogen) atoms. The Labute approximate surface area is 71.8 Å². The average Bonchev–Trinajstić information content (AvgIpc) is 2.08. The van der Waals surface area contributed by atoms with Crippen LogP contribution in [0, 0.1) is 5.92 Å². The van der Waals surface area contributed by atoms with Crippen LogP contribution in [0.1, 0.15) is 20.3 Å². The summed E-state index contributed by atoms with van der Waals surface area (Å²) in [4.78, 5) is 0. The first kappa shape index (κ1) is 9.92. The Morgan fingerprint density at radius 2 is 1.75 bits per heavy atom. The summed E-state index contributed by atoms with van der Waals surface area (Å²) >= 11 is 0. The molecule has 4 nitrogen and oxygen atoms in total. The van der Waals surface area contributed by atoms with Gasteiger partial charge in [0, 0.05) is 5.92 Å². The van der Waals surface area contributed by atoms with Crippen LogP contribution in [-0.4, -0.2) is 39.9 Å². The molecule has 0 aromatic carbocycles. The maximum absolute atomic E-state index is 9.44. The van der Waals surface area contributed by atoms with E-state index in [0.717, 1.165) is 0 Å². The van der Waals surface area contributed by atoms with Gasteiger partial charge in [0.05, 0.1) is 12.2 Å². The summed E-state index contributed by atoms with van der Waals surface area (Å²) < 4.78 is 5.08. The van der Waals surface area contributed by atoms with Crippen molar-refractivity contribution in [2.45, 2.75) is 44.9 Å². The summed E-state index contributed by atoms with van der Waals surface area (Å²) in [6, 6.07) is 0. The molecule has 3 N–H and O–H groups in total. The second kappa shape index (κ2) is 3.70. The van der Waals surface area contributed by atoms with E-state index in [0.29, 0.717) is 6.42 Å². The van der Waals surface area contributed by atoms with Gasteiger partial charge in [-0.1, -0.05) is 13.8 Å². The summed E-state index contributed by atoms with van der Waals surface area (Å²) in [5.41, 5.74) is 0. The van der Waals surface area contributed by atoms with E-state index in [9.17, 15) is 15.3 Å². The highest BCUT2D eigenvalue weighted by atomic mass is 16.6. The monoisotopic (exact) mass is 176 g/mol. The lowest BCUT2D eigenvalue weighted by Gasteiger charge is -2.38. The molecular weight excluding hydrogens is 160 g/mol. The summed E-state index contributed by atoms with van der Waals surface area (Å²) in [6.45, 7) is 3.48. The SMILES string of the molecule is CC[C@H]1O[C@H](O)[C@H](C)[C@@H](O)[C@@H]1O. The van der Waals surface area contributed by atoms with Crippen molar-refractivity contribution in [3.63, 3.8) is 0 Å². The fourth-order valence-corrected chi connectivity index (χ4v) is 1.42. The van der Waals surface area contributed by atoms with Gasteiger partial charge in [0.25, 0.3) is 0 Å². The molecule has 1 fully saturated rings. The quantitative estimate of drug-likeness (QED) is 0.502. The zero-order chi connectivity index (χ0) is 9.30. The number of rotatable bonds is 1. The van der Waals surface area contributed by atoms with Crippen LogP contribution in [-0.2, 0) is 4.74 Å². The van der Waals surface area contributed by atoms with Crippen molar-refractivity contribution in [3.8, 4) is 0 Å². The second-order valence-corrected chi connectivity index (χ2v) is 3.31. The van der Waals surface area contributed by atoms with Crippen LogP contribution in [0.3, 0.4) is 0 Å². The summed E-state index contributed by atoms with van der Waals surface area (Å²) in [5, 5.41) is 28.1. The van der Waals surface area contributed by atoms with Gasteiger partial charge in [0.1, 0.15) is 6.10 Å². The Balaban J connectivity index is 2.63. The molecule has 0 unspecified atom stereocenters. The van der Waals surface area contributed by atoms with Crippen molar-refractivity contribution in [2.75, 3.05) is 0 Å². The highest BCUT2D eigenvalue weighted by Gasteiger charge is 2.40. The Morgan fingerprint density at radius 1 is 1.17 bits per heavy atom. The van der Waals surface area contributed by atoms with Crippen molar-refractivity contribution in [1.29, 1.82) is 0 Å². The third-order valence-corrected chi connectivity index (χ3v) is 2.44. The van der Waals surface area contributed by atoms with Crippen molar-refractivity contribution >= 4 is 0 Å². The number of aliphatic hydroxyl groups is 3. The maximum Gasteiger partial charge on any atom is 0.160 e. The van der Waals surface area contributed by atoms with E-state index in [-0.39, 0.29) is 0 Å². The summed E-state index contributed by atoms with van der Waals surface area (Å²) in [7, 11) is 0. The second-order valence-electron chi connectivity index (χ2n) is 3.31. The minimum Gasteiger partial charge on any atom is -0.390 e. The standard InChI is InChI=1S/C8H16O4/c1-3-5-7(10)6(9)4(2)8(11)12-5/h4-11H,3H2,1-2H3/t4-,5-,6-,7-,8+/m1/s1. The fourth-order valence-electron chi connectivity index (χ4n) is 1.42. The van der Waals surface area contributed by atoms with Crippen molar-refractivity contribution in [2.24, 2.45) is 5.92 Å². The number of ether oxygens (including phenoxy) is 1. The Kier molecular flexibility index (Phi) is 3.06. The molecule has 72 valence electrons. The minimum absolute atomic E-state index is 0.428. The van der Waals surface area contributed by atoms with Gasteiger partial charge in [-0.3, -0.25) is 0 Å². The summed E-state index contributed by atoms with van der Waals surface area (Å²) in [5.74, 6) is -0.428. The molecule has 1 rings (SSSR count). The lowest BCUT2D eigenvalue weighted by molar-refractivity contribution is -0.260. The molecule has 1 heterocycles. The van der Waals surface area contributed by atoms with Gasteiger partial charge in [0.15, 0.2) is 6.29 Å². The molecule has 1 saturated heterocycles. The van der Waals surface area contributed by atoms with Gasteiger partial charge in [-0.2, -0.15) is 0 Å². The zero-order valence-corrected chi connectivity index (χ0v) is 7.34. The molecule has 5 atom stereocenters. The van der Waals surface area contributed by atoms with Crippen LogP contribution in [0.25, 0.3) is 0 Å². The van der Waals surface area contributed by atoms with Gasteiger partial charge in [-0.25, -0.2) is 0 Å². The highest BCUT2D eigenvalue weighted by molar-refractivity contribution is 4.85. The van der Waals surface area contributed by atoms with E-state index in [4.69, 9.17) is 4.74 Å². The van der Waals surface area contributed by atoms with Crippen LogP contribution in [0.2, 0.25) is 0 Å². The normalized spacial score (nSPS) is 49.2. The minimum atomic E-state index is -0.964. The van der Waals surface area contributed by atoms with E-state index in [1.807, 2.05) is 6.92 Å². The highest BCUT2D eigenvalue weighted by Crippen LogP contribution is 2.25. The first-order valence-electron chi connectivity index (χ1n) is 4.27. The Morgan fingerprint density at radius 3 is 2.25 bits per heavy atom. The van der Waals surface area contributed by atoms with Crippen molar-refractivity contribution < 1.29 is 20.1 Å². The topological polar surface area (TPSA) is 69.9 Å². The van der Waals surface area contributed by atoms with E-state index in [1.54, 1.807) is 6.92 Å². The molecule has 1 aliphatic rings. The van der Waals surface area contributed by atoms with Gasteiger partial charge in [-0.15, -0.1) is 0 Å². The Hall–Kier alpha value is -0.160. The lowest BCUT2D eigenvalue weighted by atomic mass is 9.91. The van der Waals surface area contributed by atoms with E-state index < -0.39 is 30.5 Å². The third kappa shape index (κ3) is 1.61. The van der Waals surface area contributed by atoms with Gasteiger partial charge < -0.3 is 20.1 Å². The van der Waals surface area contributed by atoms with Gasteiger partial charge >= 0.3 is 0 Å². The van der Waals surface area contributed by atoms with Gasteiger partial charge in [0.2, 0.25) is 0 Å². The molecule has 0 bridgehead atoms. The fraction of sp³-hybridized carbons (Fsp3) is 1.00. The number of hydrogen-bond acceptors (Lipinski definition) is 4. The van der Waals surface area contributed by atoms with Crippen LogP contribution in [0.15, 0.2) is 0 Å². The largest absolute Gasteiger partial charge is 0.390 e. The molecule has 0 radical (unpaired) electrons. The lowest BCUT2D eigenvalue weighted by Crippen LogP contribution is -2.53. The van der Waals surface area contributed by atoms with Crippen molar-refractivity contribution in [1.82, 2.24) is 0 Å². The molecule has 0 aromatic heterocycles. The first-order valence-corrected chi connectivity index (χ1v) is 4.27. The summed E-state index contributed by atoms with van der Waals surface area (Å²) in [6.07, 6.45) is -2.60. The third-order valence-electron chi connectivity index (χ3n) is 2.44. The Bertz CT molecular complexity index is 145. The molecule has 0 saturated carbocycles. The van der Waals surface area contributed by atoms with Crippen LogP contribution >= 0.6 is 0 Å². The van der Waals surface area contributed by atoms with E-state index in [2.05, 4.69) is 0 Å². The first-order chi connectivity index (χ1) is 5.57. The molecular formula is C8H16O4.